The van der Waals surface area contributed by atoms with Gasteiger partial charge in [-0.2, -0.15) is 0 Å². The number of nitrogens with zero attached hydrogens (tertiary/aromatic N) is 2. The molecule has 8 nitrogen and oxygen atoms in total. The van der Waals surface area contributed by atoms with Gasteiger partial charge in [-0.05, 0) is 36.8 Å². The fourth-order valence-electron chi connectivity index (χ4n) is 5.56. The summed E-state index contributed by atoms with van der Waals surface area (Å²) in [4.78, 5) is 46.9. The quantitative estimate of drug-likeness (QED) is 0.398. The van der Waals surface area contributed by atoms with E-state index >= 15 is 0 Å². The molecule has 2 aliphatic heterocycles. The van der Waals surface area contributed by atoms with E-state index < -0.39 is 12.1 Å². The third kappa shape index (κ3) is 3.56. The molecule has 0 saturated carbocycles. The van der Waals surface area contributed by atoms with E-state index in [0.717, 1.165) is 32.6 Å². The molecule has 0 bridgehead atoms. The Labute approximate surface area is 213 Å². The number of nitrogens with one attached hydrogen (secondary N) is 2. The van der Waals surface area contributed by atoms with Crippen LogP contribution in [0.3, 0.4) is 0 Å². The molecule has 2 N–H and O–H groups in total. The van der Waals surface area contributed by atoms with Crippen molar-refractivity contribution in [2.24, 2.45) is 0 Å². The minimum Gasteiger partial charge on any atom is -0.496 e. The highest BCUT2D eigenvalue weighted by Gasteiger charge is 2.52. The van der Waals surface area contributed by atoms with Crippen molar-refractivity contribution >= 4 is 34.4 Å². The second-order valence-corrected chi connectivity index (χ2v) is 9.33. The molecular formula is C29H26N4O4. The van der Waals surface area contributed by atoms with E-state index in [1.807, 2.05) is 55.5 Å². The summed E-state index contributed by atoms with van der Waals surface area (Å²) in [5.41, 5.74) is 4.37. The molecule has 0 aliphatic carbocycles. The number of aromatic amines is 1. The van der Waals surface area contributed by atoms with Crippen molar-refractivity contribution in [1.29, 1.82) is 0 Å². The Morgan fingerprint density at radius 3 is 2.59 bits per heavy atom. The second kappa shape index (κ2) is 8.81. The van der Waals surface area contributed by atoms with Gasteiger partial charge < -0.3 is 19.9 Å². The van der Waals surface area contributed by atoms with Gasteiger partial charge in [0, 0.05) is 35.1 Å². The molecule has 1 saturated heterocycles. The summed E-state index contributed by atoms with van der Waals surface area (Å²) in [6.45, 7) is 2.17. The molecule has 0 unspecified atom stereocenters. The van der Waals surface area contributed by atoms with Crippen LogP contribution in [0.5, 0.6) is 5.75 Å². The summed E-state index contributed by atoms with van der Waals surface area (Å²) < 4.78 is 5.37. The summed E-state index contributed by atoms with van der Waals surface area (Å²) in [6, 6.07) is 20.8. The first-order chi connectivity index (χ1) is 18.0. The first-order valence-corrected chi connectivity index (χ1v) is 12.2. The fourth-order valence-corrected chi connectivity index (χ4v) is 5.56. The molecule has 0 spiro atoms. The number of H-pyrrole nitrogens is 1. The standard InChI is InChI=1S/C29H26N4O4/c1-17-26-21(19-10-4-6-12-22(19)31-26)15-24-28(35)33(29(36)32(17)24)23-13-7-5-11-20(23)27(34)30-16-18-9-3-8-14-25(18)37-2/h3-14,17,24,31H,15-16H2,1-2H3,(H,30,34)/t17-,24+/m1/s1. The van der Waals surface area contributed by atoms with Crippen LogP contribution in [0.2, 0.25) is 0 Å². The number of para-hydroxylation sites is 3. The van der Waals surface area contributed by atoms with Gasteiger partial charge in [-0.1, -0.05) is 48.5 Å². The number of hydrogen-bond acceptors (Lipinski definition) is 4. The predicted molar refractivity (Wildman–Crippen MR) is 140 cm³/mol. The molecular weight excluding hydrogens is 468 g/mol. The van der Waals surface area contributed by atoms with Gasteiger partial charge in [0.2, 0.25) is 0 Å². The smallest absolute Gasteiger partial charge is 0.332 e. The van der Waals surface area contributed by atoms with Gasteiger partial charge in [-0.3, -0.25) is 9.59 Å². The van der Waals surface area contributed by atoms with E-state index in [9.17, 15) is 14.4 Å². The monoisotopic (exact) mass is 494 g/mol. The zero-order valence-corrected chi connectivity index (χ0v) is 20.5. The number of carbonyl (C=O) groups excluding carboxylic acids is 3. The maximum Gasteiger partial charge on any atom is 0.332 e. The van der Waals surface area contributed by atoms with E-state index in [0.29, 0.717) is 12.2 Å². The molecule has 3 aromatic carbocycles. The molecule has 1 fully saturated rings. The number of ether oxygens (including phenoxy) is 1. The predicted octanol–water partition coefficient (Wildman–Crippen LogP) is 4.56. The molecule has 2 atom stereocenters. The van der Waals surface area contributed by atoms with Crippen LogP contribution in [0.1, 0.15) is 40.1 Å². The first kappa shape index (κ1) is 22.8. The number of aromatic nitrogens is 1. The van der Waals surface area contributed by atoms with Crippen LogP contribution in [0.4, 0.5) is 10.5 Å². The number of amides is 4. The van der Waals surface area contributed by atoms with Crippen LogP contribution in [-0.2, 0) is 17.8 Å². The van der Waals surface area contributed by atoms with E-state index in [4.69, 9.17) is 4.74 Å². The van der Waals surface area contributed by atoms with Crippen LogP contribution in [0.25, 0.3) is 10.9 Å². The van der Waals surface area contributed by atoms with E-state index in [1.54, 1.807) is 36.3 Å². The molecule has 0 radical (unpaired) electrons. The number of benzene rings is 3. The Bertz CT molecular complexity index is 1560. The van der Waals surface area contributed by atoms with Crippen molar-refractivity contribution in [3.63, 3.8) is 0 Å². The zero-order valence-electron chi connectivity index (χ0n) is 20.5. The highest BCUT2D eigenvalue weighted by atomic mass is 16.5. The molecule has 1 aromatic heterocycles. The van der Waals surface area contributed by atoms with Crippen LogP contribution in [-0.4, -0.2) is 40.9 Å². The van der Waals surface area contributed by atoms with Crippen LogP contribution < -0.4 is 15.0 Å². The highest BCUT2D eigenvalue weighted by molar-refractivity contribution is 6.24. The van der Waals surface area contributed by atoms with Crippen molar-refractivity contribution in [2.75, 3.05) is 12.0 Å². The lowest BCUT2D eigenvalue weighted by atomic mass is 9.93. The maximum atomic E-state index is 13.7. The highest BCUT2D eigenvalue weighted by Crippen LogP contribution is 2.42. The first-order valence-electron chi connectivity index (χ1n) is 12.2. The third-order valence-electron chi connectivity index (χ3n) is 7.35. The molecule has 4 amide bonds. The van der Waals surface area contributed by atoms with Gasteiger partial charge in [-0.25, -0.2) is 9.69 Å². The Balaban J connectivity index is 1.30. The normalized spacial score (nSPS) is 18.6. The Morgan fingerprint density at radius 1 is 1.03 bits per heavy atom. The van der Waals surface area contributed by atoms with Crippen molar-refractivity contribution < 1.29 is 19.1 Å². The average molecular weight is 495 g/mol. The van der Waals surface area contributed by atoms with E-state index in [1.165, 1.54) is 0 Å². The molecule has 8 heteroatoms. The number of imide groups is 1. The van der Waals surface area contributed by atoms with Gasteiger partial charge in [0.1, 0.15) is 11.8 Å². The summed E-state index contributed by atoms with van der Waals surface area (Å²) >= 11 is 0. The number of carbonyl (C=O) groups is 3. The summed E-state index contributed by atoms with van der Waals surface area (Å²) in [7, 11) is 1.58. The van der Waals surface area contributed by atoms with Gasteiger partial charge in [0.05, 0.1) is 24.4 Å². The number of fused-ring (bicyclic) bond motifs is 4. The summed E-state index contributed by atoms with van der Waals surface area (Å²) in [6.07, 6.45) is 0.424. The minimum absolute atomic E-state index is 0.243. The van der Waals surface area contributed by atoms with Gasteiger partial charge in [-0.15, -0.1) is 0 Å². The molecule has 186 valence electrons. The number of hydrogen-bond donors (Lipinski definition) is 2. The maximum absolute atomic E-state index is 13.7. The number of anilines is 1. The Morgan fingerprint density at radius 2 is 1.76 bits per heavy atom. The SMILES string of the molecule is COc1ccccc1CNC(=O)c1ccccc1N1C(=O)[C@@H]2Cc3c([nH]c4ccccc34)[C@@H](C)N2C1=O. The van der Waals surface area contributed by atoms with Crippen molar-refractivity contribution in [3.05, 3.63) is 95.2 Å². The zero-order chi connectivity index (χ0) is 25.7. The van der Waals surface area contributed by atoms with Crippen LogP contribution in [0, 0.1) is 0 Å². The van der Waals surface area contributed by atoms with Crippen molar-refractivity contribution in [3.8, 4) is 5.75 Å². The van der Waals surface area contributed by atoms with Crippen molar-refractivity contribution in [2.45, 2.75) is 32.0 Å². The lowest BCUT2D eigenvalue weighted by molar-refractivity contribution is -0.120. The third-order valence-corrected chi connectivity index (χ3v) is 7.35. The molecule has 2 aliphatic rings. The van der Waals surface area contributed by atoms with Crippen LogP contribution in [0.15, 0.2) is 72.8 Å². The average Bonchev–Trinajstić information content (AvgIpc) is 3.42. The van der Waals surface area contributed by atoms with Gasteiger partial charge in [0.25, 0.3) is 11.8 Å². The number of methoxy groups -OCH3 is 1. The Kier molecular flexibility index (Phi) is 5.44. The van der Waals surface area contributed by atoms with Gasteiger partial charge >= 0.3 is 6.03 Å². The number of rotatable bonds is 5. The molecule has 6 rings (SSSR count). The van der Waals surface area contributed by atoms with E-state index in [2.05, 4.69) is 10.3 Å². The lowest BCUT2D eigenvalue weighted by Crippen LogP contribution is -2.42. The molecule has 37 heavy (non-hydrogen) atoms. The summed E-state index contributed by atoms with van der Waals surface area (Å²) in [5, 5.41) is 3.97. The van der Waals surface area contributed by atoms with E-state index in [-0.39, 0.29) is 35.7 Å². The molecule has 4 aromatic rings. The largest absolute Gasteiger partial charge is 0.496 e. The second-order valence-electron chi connectivity index (χ2n) is 9.33. The van der Waals surface area contributed by atoms with Crippen molar-refractivity contribution in [1.82, 2.24) is 15.2 Å². The molecule has 3 heterocycles. The topological polar surface area (TPSA) is 94.7 Å². The summed E-state index contributed by atoms with van der Waals surface area (Å²) in [5.74, 6) is -0.0309. The minimum atomic E-state index is -0.626. The lowest BCUT2D eigenvalue weighted by Gasteiger charge is -2.33. The Hall–Kier alpha value is -4.59. The fraction of sp³-hybridized carbons (Fsp3) is 0.207. The van der Waals surface area contributed by atoms with Gasteiger partial charge in [0.15, 0.2) is 0 Å². The number of urea groups is 1. The van der Waals surface area contributed by atoms with Crippen LogP contribution >= 0.6 is 0 Å².